The van der Waals surface area contributed by atoms with Gasteiger partial charge in [0.25, 0.3) is 0 Å². The van der Waals surface area contributed by atoms with Crippen LogP contribution < -0.4 is 4.74 Å². The van der Waals surface area contributed by atoms with E-state index in [2.05, 4.69) is 18.7 Å². The molecule has 0 aliphatic heterocycles. The Morgan fingerprint density at radius 1 is 1.43 bits per heavy atom. The van der Waals surface area contributed by atoms with E-state index in [0.717, 1.165) is 0 Å². The molecule has 0 unspecified atom stereocenters. The fourth-order valence-electron chi connectivity index (χ4n) is 1.15. The fraction of sp³-hybridized carbons (Fsp3) is 0.250. The average Bonchev–Trinajstić information content (AvgIpc) is 2.16. The molecule has 0 N–H and O–H groups in total. The minimum absolute atomic E-state index is 0.0576. The van der Waals surface area contributed by atoms with E-state index in [1.54, 1.807) is 12.1 Å². The zero-order chi connectivity index (χ0) is 10.6. The topological polar surface area (TPSA) is 33.0 Å². The van der Waals surface area contributed by atoms with Gasteiger partial charge in [-0.05, 0) is 26.0 Å². The maximum absolute atomic E-state index is 8.95. The molecule has 0 bridgehead atoms. The predicted molar refractivity (Wildman–Crippen MR) is 54.9 cm³/mol. The van der Waals surface area contributed by atoms with Crippen LogP contribution in [0.1, 0.15) is 25.0 Å². The lowest BCUT2D eigenvalue weighted by atomic mass is 10.1. The molecule has 0 aliphatic rings. The van der Waals surface area contributed by atoms with Crippen molar-refractivity contribution < 1.29 is 4.74 Å². The highest BCUT2D eigenvalue weighted by Gasteiger charge is 2.07. The third-order valence-electron chi connectivity index (χ3n) is 1.69. The van der Waals surface area contributed by atoms with Crippen LogP contribution >= 0.6 is 0 Å². The monoisotopic (exact) mass is 186 g/mol. The van der Waals surface area contributed by atoms with Crippen molar-refractivity contribution in [2.24, 2.45) is 0 Å². The highest BCUT2D eigenvalue weighted by molar-refractivity contribution is 5.50. The molecule has 14 heavy (non-hydrogen) atoms. The minimum Gasteiger partial charge on any atom is -0.490 e. The van der Waals surface area contributed by atoms with Gasteiger partial charge in [-0.15, -0.1) is 0 Å². The Morgan fingerprint density at radius 2 is 2.14 bits per heavy atom. The third-order valence-corrected chi connectivity index (χ3v) is 1.69. The molecule has 1 aromatic carbocycles. The van der Waals surface area contributed by atoms with Gasteiger partial charge in [0.1, 0.15) is 17.4 Å². The van der Waals surface area contributed by atoms with Crippen LogP contribution in [0, 0.1) is 17.4 Å². The van der Waals surface area contributed by atoms with Crippen LogP contribution in [0.25, 0.3) is 0 Å². The normalized spacial score (nSPS) is 9.57. The summed E-state index contributed by atoms with van der Waals surface area (Å²) in [5.74, 6) is 0.594. The number of hydrogen-bond acceptors (Lipinski definition) is 2. The second-order valence-electron chi connectivity index (χ2n) is 3.13. The van der Waals surface area contributed by atoms with Crippen LogP contribution in [-0.4, -0.2) is 6.10 Å². The first-order chi connectivity index (χ1) is 6.69. The first-order valence-electron chi connectivity index (χ1n) is 4.42. The second kappa shape index (κ2) is 4.48. The van der Waals surface area contributed by atoms with E-state index in [1.807, 2.05) is 19.9 Å². The first-order valence-corrected chi connectivity index (χ1v) is 4.42. The lowest BCUT2D eigenvalue weighted by molar-refractivity contribution is 0.241. The number of nitriles is 1. The fourth-order valence-corrected chi connectivity index (χ4v) is 1.15. The van der Waals surface area contributed by atoms with Crippen LogP contribution in [0.3, 0.4) is 0 Å². The Hall–Kier alpha value is -1.75. The summed E-state index contributed by atoms with van der Waals surface area (Å²) in [5, 5.41) is 8.95. The van der Waals surface area contributed by atoms with Crippen molar-refractivity contribution in [1.82, 2.24) is 0 Å². The summed E-state index contributed by atoms with van der Waals surface area (Å²) in [7, 11) is 0. The van der Waals surface area contributed by atoms with Crippen molar-refractivity contribution in [3.63, 3.8) is 0 Å². The SMILES string of the molecule is C=[C]c1cccc(OC(C)C)c1C#N. The molecule has 0 atom stereocenters. The van der Waals surface area contributed by atoms with E-state index in [9.17, 15) is 0 Å². The van der Waals surface area contributed by atoms with Crippen LogP contribution in [0.2, 0.25) is 0 Å². The van der Waals surface area contributed by atoms with Crippen LogP contribution in [-0.2, 0) is 0 Å². The van der Waals surface area contributed by atoms with Gasteiger partial charge in [0, 0.05) is 5.56 Å². The molecule has 2 nitrogen and oxygen atoms in total. The predicted octanol–water partition coefficient (Wildman–Crippen LogP) is 2.68. The Morgan fingerprint density at radius 3 is 2.64 bits per heavy atom. The Balaban J connectivity index is 3.17. The van der Waals surface area contributed by atoms with E-state index in [1.165, 1.54) is 0 Å². The first kappa shape index (κ1) is 10.3. The van der Waals surface area contributed by atoms with E-state index in [-0.39, 0.29) is 6.10 Å². The number of benzene rings is 1. The van der Waals surface area contributed by atoms with Gasteiger partial charge in [-0.1, -0.05) is 18.7 Å². The Bertz CT molecular complexity index is 374. The van der Waals surface area contributed by atoms with Crippen LogP contribution in [0.15, 0.2) is 24.8 Å². The van der Waals surface area contributed by atoms with E-state index in [4.69, 9.17) is 10.00 Å². The molecule has 0 spiro atoms. The summed E-state index contributed by atoms with van der Waals surface area (Å²) in [5.41, 5.74) is 1.18. The molecule has 0 fully saturated rings. The Kier molecular flexibility index (Phi) is 3.30. The smallest absolute Gasteiger partial charge is 0.138 e. The molecule has 1 radical (unpaired) electrons. The number of hydrogen-bond donors (Lipinski definition) is 0. The van der Waals surface area contributed by atoms with Crippen molar-refractivity contribution >= 4 is 0 Å². The van der Waals surface area contributed by atoms with Crippen molar-refractivity contribution in [2.75, 3.05) is 0 Å². The summed E-state index contributed by atoms with van der Waals surface area (Å²) in [4.78, 5) is 0. The molecule has 0 amide bonds. The lowest BCUT2D eigenvalue weighted by Crippen LogP contribution is -2.07. The second-order valence-corrected chi connectivity index (χ2v) is 3.13. The van der Waals surface area contributed by atoms with Crippen LogP contribution in [0.4, 0.5) is 0 Å². The van der Waals surface area contributed by atoms with Gasteiger partial charge in [0.05, 0.1) is 6.10 Å². The zero-order valence-corrected chi connectivity index (χ0v) is 8.37. The average molecular weight is 186 g/mol. The van der Waals surface area contributed by atoms with E-state index >= 15 is 0 Å². The summed E-state index contributed by atoms with van der Waals surface area (Å²) in [6, 6.07) is 7.49. The van der Waals surface area contributed by atoms with Gasteiger partial charge in [0.15, 0.2) is 0 Å². The highest BCUT2D eigenvalue weighted by Crippen LogP contribution is 2.22. The molecule has 0 heterocycles. The summed E-state index contributed by atoms with van der Waals surface area (Å²) in [6.07, 6.45) is 2.77. The summed E-state index contributed by atoms with van der Waals surface area (Å²) >= 11 is 0. The molecule has 0 saturated heterocycles. The van der Waals surface area contributed by atoms with Crippen molar-refractivity contribution in [3.05, 3.63) is 42.0 Å². The maximum atomic E-state index is 8.95. The summed E-state index contributed by atoms with van der Waals surface area (Å²) < 4.78 is 5.49. The van der Waals surface area contributed by atoms with Gasteiger partial charge >= 0.3 is 0 Å². The largest absolute Gasteiger partial charge is 0.490 e. The van der Waals surface area contributed by atoms with E-state index in [0.29, 0.717) is 16.9 Å². The highest BCUT2D eigenvalue weighted by atomic mass is 16.5. The van der Waals surface area contributed by atoms with Gasteiger partial charge in [-0.2, -0.15) is 5.26 Å². The number of rotatable bonds is 3. The molecule has 0 aliphatic carbocycles. The van der Waals surface area contributed by atoms with Crippen molar-refractivity contribution in [1.29, 1.82) is 5.26 Å². The minimum atomic E-state index is 0.0576. The molecular weight excluding hydrogens is 174 g/mol. The summed E-state index contributed by atoms with van der Waals surface area (Å²) in [6.45, 7) is 7.37. The molecular formula is C12H12NO. The van der Waals surface area contributed by atoms with Crippen molar-refractivity contribution in [2.45, 2.75) is 20.0 Å². The molecule has 2 heteroatoms. The zero-order valence-electron chi connectivity index (χ0n) is 8.37. The molecule has 0 saturated carbocycles. The molecule has 1 rings (SSSR count). The van der Waals surface area contributed by atoms with Gasteiger partial charge in [-0.25, -0.2) is 0 Å². The van der Waals surface area contributed by atoms with E-state index < -0.39 is 0 Å². The lowest BCUT2D eigenvalue weighted by Gasteiger charge is -2.11. The van der Waals surface area contributed by atoms with Gasteiger partial charge in [0.2, 0.25) is 0 Å². The van der Waals surface area contributed by atoms with Crippen LogP contribution in [0.5, 0.6) is 5.75 Å². The standard InChI is InChI=1S/C12H12NO/c1-4-10-6-5-7-12(11(10)8-13)14-9(2)3/h5-7,9H,1H2,2-3H3. The molecule has 71 valence electrons. The number of ether oxygens (including phenoxy) is 1. The molecule has 0 aromatic heterocycles. The number of nitrogens with zero attached hydrogens (tertiary/aromatic N) is 1. The van der Waals surface area contributed by atoms with Gasteiger partial charge < -0.3 is 4.74 Å². The quantitative estimate of drug-likeness (QED) is 0.727. The maximum Gasteiger partial charge on any atom is 0.138 e. The Labute approximate surface area is 84.4 Å². The third kappa shape index (κ3) is 2.14. The molecule has 1 aromatic rings. The van der Waals surface area contributed by atoms with Crippen molar-refractivity contribution in [3.8, 4) is 11.8 Å². The van der Waals surface area contributed by atoms with Gasteiger partial charge in [-0.3, -0.25) is 0 Å².